The molecule has 1 N–H and O–H groups in total. The Bertz CT molecular complexity index is 727. The van der Waals surface area contributed by atoms with Crippen LogP contribution in [0.25, 0.3) is 0 Å². The molecule has 1 amide bonds. The van der Waals surface area contributed by atoms with Gasteiger partial charge in [0.1, 0.15) is 10.7 Å². The number of carbonyl (C=O) groups excluding carboxylic acids is 2. The average Bonchev–Trinajstić information content (AvgIpc) is 2.98. The van der Waals surface area contributed by atoms with Gasteiger partial charge in [0, 0.05) is 4.88 Å². The number of carbonyl (C=O) groups is 2. The second-order valence-corrected chi connectivity index (χ2v) is 6.40. The number of amides is 1. The monoisotopic (exact) mass is 349 g/mol. The SMILES string of the molecule is CCCc1sc(C(=O)OCC(=O)Nc2ccccc2F)cc1CC. The molecule has 6 heteroatoms. The summed E-state index contributed by atoms with van der Waals surface area (Å²) in [4.78, 5) is 25.5. The maximum absolute atomic E-state index is 13.5. The Hall–Kier alpha value is -2.21. The van der Waals surface area contributed by atoms with E-state index < -0.39 is 24.3 Å². The van der Waals surface area contributed by atoms with E-state index in [4.69, 9.17) is 4.74 Å². The van der Waals surface area contributed by atoms with Crippen LogP contribution < -0.4 is 5.32 Å². The van der Waals surface area contributed by atoms with Gasteiger partial charge in [-0.25, -0.2) is 9.18 Å². The van der Waals surface area contributed by atoms with E-state index >= 15 is 0 Å². The van der Waals surface area contributed by atoms with Crippen molar-refractivity contribution in [2.24, 2.45) is 0 Å². The molecule has 2 aromatic rings. The minimum Gasteiger partial charge on any atom is -0.451 e. The second-order valence-electron chi connectivity index (χ2n) is 5.27. The quantitative estimate of drug-likeness (QED) is 0.762. The van der Waals surface area contributed by atoms with Crippen LogP contribution in [-0.2, 0) is 22.4 Å². The zero-order valence-corrected chi connectivity index (χ0v) is 14.5. The standard InChI is InChI=1S/C18H20FNO3S/c1-3-7-15-12(4-2)10-16(24-15)18(22)23-11-17(21)20-14-9-6-5-8-13(14)19/h5-6,8-10H,3-4,7,11H2,1-2H3,(H,20,21). The molecule has 0 spiro atoms. The fourth-order valence-electron chi connectivity index (χ4n) is 2.26. The van der Waals surface area contributed by atoms with Crippen LogP contribution in [0, 0.1) is 5.82 Å². The van der Waals surface area contributed by atoms with Gasteiger partial charge in [0.05, 0.1) is 5.69 Å². The number of hydrogen-bond donors (Lipinski definition) is 1. The van der Waals surface area contributed by atoms with Gasteiger partial charge in [-0.2, -0.15) is 0 Å². The molecule has 0 aliphatic rings. The lowest BCUT2D eigenvalue weighted by molar-refractivity contribution is -0.119. The molecule has 0 fully saturated rings. The molecule has 0 atom stereocenters. The number of benzene rings is 1. The highest BCUT2D eigenvalue weighted by molar-refractivity contribution is 7.14. The Labute approximate surface area is 144 Å². The van der Waals surface area contributed by atoms with Gasteiger partial charge in [-0.1, -0.05) is 32.4 Å². The van der Waals surface area contributed by atoms with Crippen LogP contribution in [0.1, 0.15) is 40.4 Å². The number of halogens is 1. The van der Waals surface area contributed by atoms with Crippen LogP contribution in [-0.4, -0.2) is 18.5 Å². The number of thiophene rings is 1. The van der Waals surface area contributed by atoms with Crippen LogP contribution in [0.5, 0.6) is 0 Å². The first-order valence-corrected chi connectivity index (χ1v) is 8.69. The van der Waals surface area contributed by atoms with Gasteiger partial charge in [-0.15, -0.1) is 11.3 Å². The van der Waals surface area contributed by atoms with E-state index in [-0.39, 0.29) is 5.69 Å². The van der Waals surface area contributed by atoms with Gasteiger partial charge in [0.2, 0.25) is 0 Å². The lowest BCUT2D eigenvalue weighted by Crippen LogP contribution is -2.21. The summed E-state index contributed by atoms with van der Waals surface area (Å²) >= 11 is 1.41. The molecule has 0 saturated carbocycles. The molecule has 0 bridgehead atoms. The van der Waals surface area contributed by atoms with Gasteiger partial charge >= 0.3 is 5.97 Å². The maximum Gasteiger partial charge on any atom is 0.348 e. The number of ether oxygens (including phenoxy) is 1. The summed E-state index contributed by atoms with van der Waals surface area (Å²) in [6, 6.07) is 7.65. The van der Waals surface area contributed by atoms with Crippen molar-refractivity contribution < 1.29 is 18.7 Å². The van der Waals surface area contributed by atoms with Crippen LogP contribution in [0.15, 0.2) is 30.3 Å². The second kappa shape index (κ2) is 8.59. The van der Waals surface area contributed by atoms with E-state index in [2.05, 4.69) is 12.2 Å². The lowest BCUT2D eigenvalue weighted by atomic mass is 10.1. The Morgan fingerprint density at radius 3 is 2.67 bits per heavy atom. The predicted octanol–water partition coefficient (Wildman–Crippen LogP) is 4.20. The van der Waals surface area contributed by atoms with Gasteiger partial charge in [-0.3, -0.25) is 4.79 Å². The number of nitrogens with one attached hydrogen (secondary N) is 1. The molecule has 0 radical (unpaired) electrons. The minimum absolute atomic E-state index is 0.0631. The van der Waals surface area contributed by atoms with Crippen molar-refractivity contribution in [1.29, 1.82) is 0 Å². The Balaban J connectivity index is 1.93. The number of para-hydroxylation sites is 1. The first-order chi connectivity index (χ1) is 11.5. The van der Waals surface area contributed by atoms with Crippen molar-refractivity contribution in [2.45, 2.75) is 33.1 Å². The molecule has 0 unspecified atom stereocenters. The van der Waals surface area contributed by atoms with Gasteiger partial charge in [-0.05, 0) is 36.6 Å². The lowest BCUT2D eigenvalue weighted by Gasteiger charge is -2.06. The molecule has 4 nitrogen and oxygen atoms in total. The molecule has 0 saturated heterocycles. The summed E-state index contributed by atoms with van der Waals surface area (Å²) in [5.74, 6) is -1.64. The number of hydrogen-bond acceptors (Lipinski definition) is 4. The molecule has 0 aliphatic carbocycles. The summed E-state index contributed by atoms with van der Waals surface area (Å²) in [5.41, 5.74) is 1.21. The molecule has 1 aromatic carbocycles. The summed E-state index contributed by atoms with van der Waals surface area (Å²) in [7, 11) is 0. The third-order valence-corrected chi connectivity index (χ3v) is 4.66. The molecular weight excluding hydrogens is 329 g/mol. The molecular formula is C18H20FNO3S. The van der Waals surface area contributed by atoms with E-state index in [1.165, 1.54) is 34.4 Å². The molecule has 1 aromatic heterocycles. The Morgan fingerprint density at radius 2 is 2.00 bits per heavy atom. The summed E-state index contributed by atoms with van der Waals surface area (Å²) in [5, 5.41) is 2.38. The van der Waals surface area contributed by atoms with Crippen molar-refractivity contribution in [3.63, 3.8) is 0 Å². The molecule has 128 valence electrons. The largest absolute Gasteiger partial charge is 0.451 e. The van der Waals surface area contributed by atoms with Crippen molar-refractivity contribution in [3.05, 3.63) is 51.5 Å². The number of aryl methyl sites for hydroxylation is 2. The highest BCUT2D eigenvalue weighted by Crippen LogP contribution is 2.25. The zero-order chi connectivity index (χ0) is 17.5. The minimum atomic E-state index is -0.575. The fourth-order valence-corrected chi connectivity index (χ4v) is 3.51. The number of esters is 1. The number of anilines is 1. The van der Waals surface area contributed by atoms with Gasteiger partial charge in [0.15, 0.2) is 6.61 Å². The van der Waals surface area contributed by atoms with Crippen LogP contribution in [0.4, 0.5) is 10.1 Å². The zero-order valence-electron chi connectivity index (χ0n) is 13.7. The summed E-state index contributed by atoms with van der Waals surface area (Å²) in [6.45, 7) is 3.68. The topological polar surface area (TPSA) is 55.4 Å². The van der Waals surface area contributed by atoms with E-state index in [1.807, 2.05) is 13.0 Å². The first kappa shape index (κ1) is 18.1. The van der Waals surface area contributed by atoms with Crippen LogP contribution >= 0.6 is 11.3 Å². The third-order valence-electron chi connectivity index (χ3n) is 3.44. The maximum atomic E-state index is 13.5. The highest BCUT2D eigenvalue weighted by atomic mass is 32.1. The third kappa shape index (κ3) is 4.64. The Kier molecular flexibility index (Phi) is 6.49. The van der Waals surface area contributed by atoms with E-state index in [0.29, 0.717) is 4.88 Å². The molecule has 0 aliphatic heterocycles. The normalized spacial score (nSPS) is 10.5. The molecule has 2 rings (SSSR count). The highest BCUT2D eigenvalue weighted by Gasteiger charge is 2.16. The molecule has 24 heavy (non-hydrogen) atoms. The smallest absolute Gasteiger partial charge is 0.348 e. The van der Waals surface area contributed by atoms with Crippen LogP contribution in [0.2, 0.25) is 0 Å². The van der Waals surface area contributed by atoms with Gasteiger partial charge < -0.3 is 10.1 Å². The molecule has 1 heterocycles. The van der Waals surface area contributed by atoms with E-state index in [1.54, 1.807) is 6.07 Å². The van der Waals surface area contributed by atoms with Crippen LogP contribution in [0.3, 0.4) is 0 Å². The van der Waals surface area contributed by atoms with Crippen molar-refractivity contribution in [3.8, 4) is 0 Å². The van der Waals surface area contributed by atoms with E-state index in [0.717, 1.165) is 24.8 Å². The predicted molar refractivity (Wildman–Crippen MR) is 93.0 cm³/mol. The first-order valence-electron chi connectivity index (χ1n) is 7.88. The summed E-state index contributed by atoms with van der Waals surface area (Å²) in [6.07, 6.45) is 2.79. The van der Waals surface area contributed by atoms with Crippen molar-refractivity contribution in [2.75, 3.05) is 11.9 Å². The average molecular weight is 349 g/mol. The van der Waals surface area contributed by atoms with Crippen molar-refractivity contribution >= 4 is 28.9 Å². The van der Waals surface area contributed by atoms with Gasteiger partial charge in [0.25, 0.3) is 5.91 Å². The van der Waals surface area contributed by atoms with Crippen molar-refractivity contribution in [1.82, 2.24) is 0 Å². The van der Waals surface area contributed by atoms with E-state index in [9.17, 15) is 14.0 Å². The Morgan fingerprint density at radius 1 is 1.25 bits per heavy atom. The fraction of sp³-hybridized carbons (Fsp3) is 0.333. The summed E-state index contributed by atoms with van der Waals surface area (Å²) < 4.78 is 18.5. The number of rotatable bonds is 7.